The minimum absolute atomic E-state index is 0.0980. The topological polar surface area (TPSA) is 53.4 Å². The van der Waals surface area contributed by atoms with Crippen molar-refractivity contribution in [2.75, 3.05) is 20.2 Å². The number of aryl methyl sites for hydroxylation is 1. The van der Waals surface area contributed by atoms with E-state index in [0.717, 1.165) is 37.1 Å². The van der Waals surface area contributed by atoms with Gasteiger partial charge in [-0.1, -0.05) is 6.07 Å². The van der Waals surface area contributed by atoms with Crippen molar-refractivity contribution in [3.63, 3.8) is 0 Å². The summed E-state index contributed by atoms with van der Waals surface area (Å²) in [7, 11) is 1.82. The van der Waals surface area contributed by atoms with Crippen LogP contribution >= 0.6 is 0 Å². The molecule has 0 aromatic carbocycles. The first-order valence-electron chi connectivity index (χ1n) is 6.40. The molecule has 0 atom stereocenters. The summed E-state index contributed by atoms with van der Waals surface area (Å²) in [5.41, 5.74) is 1.91. The Morgan fingerprint density at radius 3 is 2.83 bits per heavy atom. The summed E-state index contributed by atoms with van der Waals surface area (Å²) < 4.78 is 0. The van der Waals surface area contributed by atoms with Crippen molar-refractivity contribution in [3.8, 4) is 0 Å². The molecule has 4 nitrogen and oxygen atoms in total. The van der Waals surface area contributed by atoms with E-state index in [1.165, 1.54) is 0 Å². The minimum atomic E-state index is 0.0980. The highest BCUT2D eigenvalue weighted by Crippen LogP contribution is 2.06. The fourth-order valence-corrected chi connectivity index (χ4v) is 1.74. The van der Waals surface area contributed by atoms with Gasteiger partial charge in [0.15, 0.2) is 0 Å². The third-order valence-electron chi connectivity index (χ3n) is 3.01. The number of hydrogen-bond donors (Lipinski definition) is 1. The molecule has 100 valence electrons. The molecular weight excluding hydrogens is 228 g/mol. The highest BCUT2D eigenvalue weighted by molar-refractivity contribution is 5.78. The number of amides is 1. The van der Waals surface area contributed by atoms with Crippen LogP contribution in [0.4, 0.5) is 0 Å². The summed E-state index contributed by atoms with van der Waals surface area (Å²) in [4.78, 5) is 17.9. The first kappa shape index (κ1) is 14.6. The zero-order valence-electron chi connectivity index (χ0n) is 11.2. The summed E-state index contributed by atoms with van der Waals surface area (Å²) in [6.45, 7) is 2.94. The summed E-state index contributed by atoms with van der Waals surface area (Å²) >= 11 is 0. The highest BCUT2D eigenvalue weighted by Gasteiger charge is 2.11. The lowest BCUT2D eigenvalue weighted by molar-refractivity contribution is -0.129. The first-order chi connectivity index (χ1) is 8.65. The number of nitrogens with zero attached hydrogens (tertiary/aromatic N) is 2. The van der Waals surface area contributed by atoms with Gasteiger partial charge in [0.2, 0.25) is 5.91 Å². The lowest BCUT2D eigenvalue weighted by atomic mass is 10.1. The molecular formula is C14H22N2O2. The van der Waals surface area contributed by atoms with Gasteiger partial charge in [0.05, 0.1) is 12.1 Å². The predicted octanol–water partition coefficient (Wildman–Crippen LogP) is 1.55. The van der Waals surface area contributed by atoms with E-state index in [1.54, 1.807) is 11.1 Å². The lowest BCUT2D eigenvalue weighted by Crippen LogP contribution is -2.29. The van der Waals surface area contributed by atoms with Crippen molar-refractivity contribution in [2.45, 2.75) is 32.6 Å². The summed E-state index contributed by atoms with van der Waals surface area (Å²) in [5, 5.41) is 8.68. The molecule has 0 radical (unpaired) electrons. The SMILES string of the molecule is Cc1cccnc1CC(=O)N(C)CCCCCO. The Hall–Kier alpha value is -1.42. The molecule has 0 saturated heterocycles. The van der Waals surface area contributed by atoms with Gasteiger partial charge in [0, 0.05) is 26.4 Å². The predicted molar refractivity (Wildman–Crippen MR) is 71.3 cm³/mol. The molecule has 18 heavy (non-hydrogen) atoms. The molecule has 1 amide bonds. The van der Waals surface area contributed by atoms with E-state index in [-0.39, 0.29) is 12.5 Å². The van der Waals surface area contributed by atoms with Crippen molar-refractivity contribution in [1.29, 1.82) is 0 Å². The van der Waals surface area contributed by atoms with Gasteiger partial charge in [-0.15, -0.1) is 0 Å². The van der Waals surface area contributed by atoms with Crippen molar-refractivity contribution in [3.05, 3.63) is 29.6 Å². The van der Waals surface area contributed by atoms with E-state index in [4.69, 9.17) is 5.11 Å². The molecule has 1 aromatic heterocycles. The van der Waals surface area contributed by atoms with Gasteiger partial charge < -0.3 is 10.0 Å². The van der Waals surface area contributed by atoms with Crippen LogP contribution in [-0.2, 0) is 11.2 Å². The van der Waals surface area contributed by atoms with Crippen molar-refractivity contribution < 1.29 is 9.90 Å². The number of aliphatic hydroxyl groups excluding tert-OH is 1. The van der Waals surface area contributed by atoms with Crippen molar-refractivity contribution in [2.24, 2.45) is 0 Å². The second kappa shape index (κ2) is 7.82. The smallest absolute Gasteiger partial charge is 0.228 e. The maximum Gasteiger partial charge on any atom is 0.228 e. The standard InChI is InChI=1S/C14H22N2O2/c1-12-7-6-8-15-13(12)11-14(18)16(2)9-4-3-5-10-17/h6-8,17H,3-5,9-11H2,1-2H3. The van der Waals surface area contributed by atoms with Gasteiger partial charge in [0.25, 0.3) is 0 Å². The van der Waals surface area contributed by atoms with Crippen molar-refractivity contribution >= 4 is 5.91 Å². The maximum atomic E-state index is 12.0. The monoisotopic (exact) mass is 250 g/mol. The number of aromatic nitrogens is 1. The minimum Gasteiger partial charge on any atom is -0.396 e. The molecule has 1 rings (SSSR count). The van der Waals surface area contributed by atoms with Crippen LogP contribution in [0, 0.1) is 6.92 Å². The molecule has 0 saturated carbocycles. The number of pyridine rings is 1. The molecule has 1 heterocycles. The molecule has 0 spiro atoms. The number of carbonyl (C=O) groups excluding carboxylic acids is 1. The Balaban J connectivity index is 2.38. The van der Waals surface area contributed by atoms with E-state index < -0.39 is 0 Å². The summed E-state index contributed by atoms with van der Waals surface area (Å²) in [5.74, 6) is 0.0980. The van der Waals surface area contributed by atoms with Crippen LogP contribution in [0.3, 0.4) is 0 Å². The van der Waals surface area contributed by atoms with Crippen LogP contribution in [0.5, 0.6) is 0 Å². The molecule has 0 aliphatic rings. The average molecular weight is 250 g/mol. The number of rotatable bonds is 7. The Labute approximate surface area is 109 Å². The zero-order valence-corrected chi connectivity index (χ0v) is 11.2. The van der Waals surface area contributed by atoms with Crippen LogP contribution in [-0.4, -0.2) is 41.1 Å². The molecule has 1 N–H and O–H groups in total. The van der Waals surface area contributed by atoms with E-state index in [9.17, 15) is 4.79 Å². The lowest BCUT2D eigenvalue weighted by Gasteiger charge is -2.17. The van der Waals surface area contributed by atoms with Gasteiger partial charge >= 0.3 is 0 Å². The number of unbranched alkanes of at least 4 members (excludes halogenated alkanes) is 2. The largest absolute Gasteiger partial charge is 0.396 e. The van der Waals surface area contributed by atoms with Crippen molar-refractivity contribution in [1.82, 2.24) is 9.88 Å². The van der Waals surface area contributed by atoms with E-state index in [1.807, 2.05) is 26.1 Å². The van der Waals surface area contributed by atoms with E-state index >= 15 is 0 Å². The zero-order chi connectivity index (χ0) is 13.4. The van der Waals surface area contributed by atoms with Gasteiger partial charge in [-0.2, -0.15) is 0 Å². The molecule has 0 aliphatic carbocycles. The second-order valence-electron chi connectivity index (χ2n) is 4.54. The third kappa shape index (κ3) is 4.84. The molecule has 1 aromatic rings. The maximum absolute atomic E-state index is 12.0. The fraction of sp³-hybridized carbons (Fsp3) is 0.571. The summed E-state index contributed by atoms with van der Waals surface area (Å²) in [6, 6.07) is 3.85. The Kier molecular flexibility index (Phi) is 6.36. The molecule has 0 fully saturated rings. The number of hydrogen-bond acceptors (Lipinski definition) is 3. The van der Waals surface area contributed by atoms with Gasteiger partial charge in [0.1, 0.15) is 0 Å². The first-order valence-corrected chi connectivity index (χ1v) is 6.40. The third-order valence-corrected chi connectivity index (χ3v) is 3.01. The summed E-state index contributed by atoms with van der Waals surface area (Å²) in [6.07, 6.45) is 4.78. The average Bonchev–Trinajstić information content (AvgIpc) is 2.37. The molecule has 0 aliphatic heterocycles. The fourth-order valence-electron chi connectivity index (χ4n) is 1.74. The van der Waals surface area contributed by atoms with E-state index in [0.29, 0.717) is 6.42 Å². The number of likely N-dealkylation sites (N-methyl/N-ethyl adjacent to an activating group) is 1. The van der Waals surface area contributed by atoms with Crippen LogP contribution in [0.25, 0.3) is 0 Å². The molecule has 0 bridgehead atoms. The van der Waals surface area contributed by atoms with Gasteiger partial charge in [-0.05, 0) is 37.8 Å². The highest BCUT2D eigenvalue weighted by atomic mass is 16.2. The van der Waals surface area contributed by atoms with Crippen LogP contribution in [0.1, 0.15) is 30.5 Å². The van der Waals surface area contributed by atoms with Crippen LogP contribution < -0.4 is 0 Å². The number of carbonyl (C=O) groups is 1. The Morgan fingerprint density at radius 1 is 1.39 bits per heavy atom. The van der Waals surface area contributed by atoms with Gasteiger partial charge in [-0.25, -0.2) is 0 Å². The van der Waals surface area contributed by atoms with Crippen LogP contribution in [0.2, 0.25) is 0 Å². The quantitative estimate of drug-likeness (QED) is 0.747. The van der Waals surface area contributed by atoms with Crippen LogP contribution in [0.15, 0.2) is 18.3 Å². The molecule has 0 unspecified atom stereocenters. The Bertz CT molecular complexity index is 380. The normalized spacial score (nSPS) is 10.4. The second-order valence-corrected chi connectivity index (χ2v) is 4.54. The number of aliphatic hydroxyl groups is 1. The van der Waals surface area contributed by atoms with Gasteiger partial charge in [-0.3, -0.25) is 9.78 Å². The Morgan fingerprint density at radius 2 is 2.17 bits per heavy atom. The molecule has 4 heteroatoms. The van der Waals surface area contributed by atoms with E-state index in [2.05, 4.69) is 4.98 Å².